The van der Waals surface area contributed by atoms with E-state index >= 15 is 0 Å². The molecular formula is C4N10O2-2. The first-order valence-electron chi connectivity index (χ1n) is 3.84. The summed E-state index contributed by atoms with van der Waals surface area (Å²) in [7, 11) is 0. The lowest BCUT2D eigenvalue weighted by Gasteiger charge is -1.95. The zero-order chi connectivity index (χ0) is 11.0. The minimum absolute atomic E-state index is 0.0230. The van der Waals surface area contributed by atoms with Crippen LogP contribution in [0.5, 0.6) is 0 Å². The Labute approximate surface area is 85.2 Å². The second-order valence-electron chi connectivity index (χ2n) is 2.53. The van der Waals surface area contributed by atoms with E-state index in [4.69, 9.17) is 0 Å². The summed E-state index contributed by atoms with van der Waals surface area (Å²) in [6.45, 7) is 0. The maximum Gasteiger partial charge on any atom is 0.263 e. The third-order valence-electron chi connectivity index (χ3n) is 1.67. The molecule has 0 saturated carbocycles. The smallest absolute Gasteiger partial charge is 0.263 e. The van der Waals surface area contributed by atoms with Gasteiger partial charge in [-0.15, -0.1) is 0 Å². The summed E-state index contributed by atoms with van der Waals surface area (Å²) in [4.78, 5) is 0.102. The topological polar surface area (TPSA) is 159 Å². The van der Waals surface area contributed by atoms with Crippen LogP contribution in [0.3, 0.4) is 0 Å². The van der Waals surface area contributed by atoms with Gasteiger partial charge in [-0.3, -0.25) is 25.3 Å². The fraction of sp³-hybridized carbons (Fsp3) is 0. The number of aromatic nitrogens is 10. The molecule has 0 amide bonds. The van der Waals surface area contributed by atoms with Crippen LogP contribution in [-0.2, 0) is 0 Å². The van der Waals surface area contributed by atoms with Crippen molar-refractivity contribution in [3.63, 3.8) is 0 Å². The third kappa shape index (κ3) is 1.09. The molecule has 0 bridgehead atoms. The highest BCUT2D eigenvalue weighted by Crippen LogP contribution is 2.19. The van der Waals surface area contributed by atoms with Crippen molar-refractivity contribution in [2.45, 2.75) is 0 Å². The molecule has 0 N–H and O–H groups in total. The van der Waals surface area contributed by atoms with Crippen molar-refractivity contribution in [2.24, 2.45) is 0 Å². The molecule has 0 fully saturated rings. The van der Waals surface area contributed by atoms with Gasteiger partial charge in [0, 0.05) is 5.16 Å². The fourth-order valence-electron chi connectivity index (χ4n) is 1.06. The third-order valence-corrected chi connectivity index (χ3v) is 1.67. The van der Waals surface area contributed by atoms with E-state index in [-0.39, 0.29) is 27.9 Å². The predicted molar refractivity (Wildman–Crippen MR) is 39.7 cm³/mol. The van der Waals surface area contributed by atoms with Crippen molar-refractivity contribution in [2.75, 3.05) is 0 Å². The summed E-state index contributed by atoms with van der Waals surface area (Å²) in [5, 5.41) is 41.8. The van der Waals surface area contributed by atoms with E-state index in [1.165, 1.54) is 0 Å². The van der Waals surface area contributed by atoms with Crippen LogP contribution in [0.1, 0.15) is 0 Å². The van der Waals surface area contributed by atoms with Gasteiger partial charge < -0.3 is 15.4 Å². The highest BCUT2D eigenvalue weighted by molar-refractivity contribution is 5.65. The molecule has 0 radical (unpaired) electrons. The van der Waals surface area contributed by atoms with Crippen molar-refractivity contribution in [3.8, 4) is 23.0 Å². The van der Waals surface area contributed by atoms with E-state index in [0.717, 1.165) is 0 Å². The van der Waals surface area contributed by atoms with E-state index in [1.807, 2.05) is 0 Å². The molecule has 16 heavy (non-hydrogen) atoms. The maximum absolute atomic E-state index is 11.3. The molecule has 3 heterocycles. The number of tetrazole rings is 2. The van der Waals surface area contributed by atoms with Crippen LogP contribution in [0.4, 0.5) is 0 Å². The molecule has 0 aromatic carbocycles. The molecule has 12 nitrogen and oxygen atoms in total. The summed E-state index contributed by atoms with van der Waals surface area (Å²) < 4.78 is 4.38. The predicted octanol–water partition coefficient (Wildman–Crippen LogP) is -3.07. The highest BCUT2D eigenvalue weighted by atomic mass is 16.8. The lowest BCUT2D eigenvalue weighted by molar-refractivity contribution is -0.793. The maximum atomic E-state index is 11.3. The van der Waals surface area contributed by atoms with Crippen LogP contribution in [0.15, 0.2) is 4.63 Å². The molecule has 0 aliphatic rings. The summed E-state index contributed by atoms with van der Waals surface area (Å²) in [6.07, 6.45) is 0. The van der Waals surface area contributed by atoms with Gasteiger partial charge in [-0.25, -0.2) is 0 Å². The Hall–Kier alpha value is -2.92. The van der Waals surface area contributed by atoms with E-state index in [2.05, 4.69) is 51.0 Å². The Kier molecular flexibility index (Phi) is 1.60. The van der Waals surface area contributed by atoms with Crippen LogP contribution in [0.2, 0.25) is 0 Å². The molecule has 0 aliphatic heterocycles. The van der Waals surface area contributed by atoms with E-state index in [0.29, 0.717) is 0 Å². The molecule has 0 saturated heterocycles. The van der Waals surface area contributed by atoms with Crippen LogP contribution in [0.25, 0.3) is 23.0 Å². The molecule has 80 valence electrons. The first-order valence-corrected chi connectivity index (χ1v) is 3.84. The first-order chi connectivity index (χ1) is 7.86. The number of hydrogen-bond acceptors (Lipinski definition) is 9. The molecule has 12 heteroatoms. The number of rotatable bonds is 2. The normalized spacial score (nSPS) is 10.8. The summed E-state index contributed by atoms with van der Waals surface area (Å²) >= 11 is 0. The van der Waals surface area contributed by atoms with Gasteiger partial charge in [0.1, 0.15) is 0 Å². The molecule has 0 unspecified atom stereocenters. The Balaban J connectivity index is 2.21. The molecule has 3 rings (SSSR count). The zero-order valence-electron chi connectivity index (χ0n) is 7.29. The molecule has 0 atom stereocenters. The molecule has 3 aromatic heterocycles. The van der Waals surface area contributed by atoms with Crippen molar-refractivity contribution in [1.29, 1.82) is 0 Å². The van der Waals surface area contributed by atoms with E-state index in [9.17, 15) is 5.21 Å². The van der Waals surface area contributed by atoms with Crippen LogP contribution in [0, 0.1) is 5.21 Å². The molecule has 0 aliphatic carbocycles. The Bertz CT molecular complexity index is 580. The van der Waals surface area contributed by atoms with Gasteiger partial charge in [0.15, 0.2) is 0 Å². The van der Waals surface area contributed by atoms with Crippen molar-refractivity contribution < 1.29 is 9.53 Å². The number of nitrogens with zero attached hydrogens (tertiary/aromatic N) is 10. The van der Waals surface area contributed by atoms with Gasteiger partial charge in [-0.2, -0.15) is 10.4 Å². The summed E-state index contributed by atoms with van der Waals surface area (Å²) in [6, 6.07) is 0. The molecular weight excluding hydrogens is 220 g/mol. The molecule has 3 aromatic rings. The average Bonchev–Trinajstić information content (AvgIpc) is 2.96. The quantitative estimate of drug-likeness (QED) is 0.403. The summed E-state index contributed by atoms with van der Waals surface area (Å²) in [5.74, 6) is -0.0193. The standard InChI is InChI=1S/C4N10O2/c15-14-2(4-7-12-13-8-4)1(9-16-14)3-5-10-11-6-3/q-2. The van der Waals surface area contributed by atoms with Gasteiger partial charge in [-0.05, 0) is 4.90 Å². The van der Waals surface area contributed by atoms with Gasteiger partial charge in [-0.1, -0.05) is 0 Å². The van der Waals surface area contributed by atoms with E-state index in [1.54, 1.807) is 0 Å². The van der Waals surface area contributed by atoms with Crippen molar-refractivity contribution in [3.05, 3.63) is 5.21 Å². The minimum Gasteiger partial charge on any atom is -0.359 e. The largest absolute Gasteiger partial charge is 0.359 e. The zero-order valence-corrected chi connectivity index (χ0v) is 7.29. The SMILES string of the molecule is [O-][n+]1onc(-c2nnn[n-]2)c1-c1nnn[n-]1. The van der Waals surface area contributed by atoms with Gasteiger partial charge in [0.25, 0.3) is 5.69 Å². The lowest BCUT2D eigenvalue weighted by atomic mass is 10.3. The summed E-state index contributed by atoms with van der Waals surface area (Å²) in [5.41, 5.74) is -0.0744. The van der Waals surface area contributed by atoms with Crippen LogP contribution < -0.4 is 15.1 Å². The Morgan fingerprint density at radius 1 is 1.06 bits per heavy atom. The van der Waals surface area contributed by atoms with Gasteiger partial charge in [0.2, 0.25) is 5.69 Å². The monoisotopic (exact) mass is 220 g/mol. The lowest BCUT2D eigenvalue weighted by Crippen LogP contribution is -2.26. The Morgan fingerprint density at radius 2 is 1.75 bits per heavy atom. The molecule has 0 spiro atoms. The van der Waals surface area contributed by atoms with Gasteiger partial charge in [0.05, 0.1) is 11.6 Å². The van der Waals surface area contributed by atoms with Crippen molar-refractivity contribution >= 4 is 0 Å². The van der Waals surface area contributed by atoms with Crippen LogP contribution in [-0.4, -0.2) is 36.2 Å². The van der Waals surface area contributed by atoms with Crippen molar-refractivity contribution in [1.82, 2.24) is 46.4 Å². The van der Waals surface area contributed by atoms with Crippen LogP contribution >= 0.6 is 0 Å². The number of hydrogen-bond donors (Lipinski definition) is 0. The van der Waals surface area contributed by atoms with E-state index < -0.39 is 0 Å². The first kappa shape index (κ1) is 8.39. The average molecular weight is 220 g/mol. The minimum atomic E-state index is -0.0974. The second-order valence-corrected chi connectivity index (χ2v) is 2.53. The Morgan fingerprint density at radius 3 is 2.38 bits per heavy atom. The second kappa shape index (κ2) is 3.04. The highest BCUT2D eigenvalue weighted by Gasteiger charge is 2.21. The van der Waals surface area contributed by atoms with Gasteiger partial charge >= 0.3 is 0 Å². The fourth-order valence-corrected chi connectivity index (χ4v) is 1.06.